The van der Waals surface area contributed by atoms with Crippen LogP contribution in [0.25, 0.3) is 12.2 Å². The minimum Gasteiger partial charge on any atom is -0.0843 e. The van der Waals surface area contributed by atoms with Gasteiger partial charge in [0.2, 0.25) is 0 Å². The molecule has 0 bridgehead atoms. The van der Waals surface area contributed by atoms with Crippen LogP contribution in [0.3, 0.4) is 0 Å². The summed E-state index contributed by atoms with van der Waals surface area (Å²) in [4.78, 5) is 0. The average molecular weight is 367 g/mol. The highest BCUT2D eigenvalue weighted by Gasteiger charge is 2.38. The maximum absolute atomic E-state index is 6.27. The summed E-state index contributed by atoms with van der Waals surface area (Å²) >= 11 is 12.5. The first-order chi connectivity index (χ1) is 11.6. The normalized spacial score (nSPS) is 14.6. The van der Waals surface area contributed by atoms with E-state index < -0.39 is 8.07 Å². The minimum absolute atomic E-state index is 0.770. The Kier molecular flexibility index (Phi) is 3.88. The van der Waals surface area contributed by atoms with Gasteiger partial charge in [-0.15, -0.1) is 0 Å². The lowest BCUT2D eigenvalue weighted by Gasteiger charge is -2.31. The number of benzene rings is 3. The van der Waals surface area contributed by atoms with Gasteiger partial charge in [-0.25, -0.2) is 0 Å². The van der Waals surface area contributed by atoms with Crippen LogP contribution >= 0.6 is 23.2 Å². The van der Waals surface area contributed by atoms with E-state index in [4.69, 9.17) is 23.2 Å². The van der Waals surface area contributed by atoms with Crippen molar-refractivity contribution in [1.29, 1.82) is 0 Å². The van der Waals surface area contributed by atoms with Crippen LogP contribution in [0, 0.1) is 0 Å². The van der Waals surface area contributed by atoms with Gasteiger partial charge in [0.1, 0.15) is 8.07 Å². The van der Waals surface area contributed by atoms with Crippen molar-refractivity contribution in [2.24, 2.45) is 0 Å². The Balaban J connectivity index is 2.10. The molecule has 0 atom stereocenters. The molecule has 0 nitrogen and oxygen atoms in total. The van der Waals surface area contributed by atoms with E-state index in [0.717, 1.165) is 10.0 Å². The second-order valence-electron chi connectivity index (χ2n) is 6.29. The van der Waals surface area contributed by atoms with Gasteiger partial charge in [-0.05, 0) is 51.0 Å². The zero-order valence-electron chi connectivity index (χ0n) is 13.3. The minimum atomic E-state index is -2.13. The molecular weight excluding hydrogens is 351 g/mol. The van der Waals surface area contributed by atoms with Crippen molar-refractivity contribution in [3.63, 3.8) is 0 Å². The van der Waals surface area contributed by atoms with E-state index in [1.807, 2.05) is 12.1 Å². The Morgan fingerprint density at radius 3 is 1.67 bits per heavy atom. The maximum atomic E-state index is 6.27. The van der Waals surface area contributed by atoms with E-state index in [9.17, 15) is 0 Å². The monoisotopic (exact) mass is 366 g/mol. The molecular formula is C21H16Cl2Si. The van der Waals surface area contributed by atoms with Crippen LogP contribution in [0.4, 0.5) is 0 Å². The lowest BCUT2D eigenvalue weighted by Crippen LogP contribution is -2.65. The molecule has 1 aliphatic heterocycles. The smallest absolute Gasteiger partial charge is 0.0843 e. The fraction of sp³-hybridized carbons (Fsp3) is 0.0476. The summed E-state index contributed by atoms with van der Waals surface area (Å²) in [5.74, 6) is 0. The molecule has 1 heterocycles. The molecule has 0 N–H and O–H groups in total. The molecule has 0 radical (unpaired) electrons. The molecule has 24 heavy (non-hydrogen) atoms. The third-order valence-electron chi connectivity index (χ3n) is 4.90. The van der Waals surface area contributed by atoms with Gasteiger partial charge in [0, 0.05) is 10.0 Å². The third kappa shape index (κ3) is 2.44. The molecule has 1 aliphatic rings. The summed E-state index contributed by atoms with van der Waals surface area (Å²) in [5, 5.41) is 5.70. The third-order valence-corrected chi connectivity index (χ3v) is 9.92. The second-order valence-corrected chi connectivity index (χ2v) is 11.1. The standard InChI is InChI=1S/C21H16Cl2Si/c1-24(19-5-3-2-4-6-19)20-11-9-17(22)13-15(20)7-8-16-14-18(23)10-12-21(16)24/h2-14H,1H3. The Hall–Kier alpha value is -1.80. The van der Waals surface area contributed by atoms with Crippen LogP contribution in [0.15, 0.2) is 66.7 Å². The zero-order valence-corrected chi connectivity index (χ0v) is 15.8. The molecule has 0 aliphatic carbocycles. The van der Waals surface area contributed by atoms with Gasteiger partial charge in [0.05, 0.1) is 0 Å². The molecule has 0 amide bonds. The predicted octanol–water partition coefficient (Wildman–Crippen LogP) is 4.58. The van der Waals surface area contributed by atoms with Crippen LogP contribution < -0.4 is 15.6 Å². The number of halogens is 2. The van der Waals surface area contributed by atoms with Gasteiger partial charge >= 0.3 is 0 Å². The van der Waals surface area contributed by atoms with Gasteiger partial charge in [-0.3, -0.25) is 0 Å². The van der Waals surface area contributed by atoms with Gasteiger partial charge in [-0.1, -0.05) is 84.4 Å². The van der Waals surface area contributed by atoms with Crippen LogP contribution in [0.2, 0.25) is 16.6 Å². The predicted molar refractivity (Wildman–Crippen MR) is 109 cm³/mol. The van der Waals surface area contributed by atoms with Crippen molar-refractivity contribution >= 4 is 59.0 Å². The Morgan fingerprint density at radius 1 is 0.667 bits per heavy atom. The number of fused-ring (bicyclic) bond motifs is 2. The average Bonchev–Trinajstić information content (AvgIpc) is 2.71. The van der Waals surface area contributed by atoms with Crippen molar-refractivity contribution in [3.05, 3.63) is 87.9 Å². The number of rotatable bonds is 1. The van der Waals surface area contributed by atoms with E-state index in [1.165, 1.54) is 26.7 Å². The Morgan fingerprint density at radius 2 is 1.17 bits per heavy atom. The van der Waals surface area contributed by atoms with Crippen molar-refractivity contribution in [2.75, 3.05) is 0 Å². The van der Waals surface area contributed by atoms with Crippen molar-refractivity contribution in [2.45, 2.75) is 6.55 Å². The Labute approximate surface area is 153 Å². The van der Waals surface area contributed by atoms with Gasteiger partial charge in [0.25, 0.3) is 0 Å². The fourth-order valence-electron chi connectivity index (χ4n) is 3.66. The zero-order chi connectivity index (χ0) is 16.7. The quantitative estimate of drug-likeness (QED) is 0.553. The molecule has 0 spiro atoms. The van der Waals surface area contributed by atoms with E-state index in [1.54, 1.807) is 0 Å². The van der Waals surface area contributed by atoms with E-state index in [0.29, 0.717) is 0 Å². The maximum Gasteiger partial charge on any atom is 0.146 e. The molecule has 0 unspecified atom stereocenters. The van der Waals surface area contributed by atoms with Crippen LogP contribution in [-0.4, -0.2) is 8.07 Å². The summed E-state index contributed by atoms with van der Waals surface area (Å²) in [5.41, 5.74) is 2.40. The van der Waals surface area contributed by atoms with Crippen molar-refractivity contribution in [3.8, 4) is 0 Å². The van der Waals surface area contributed by atoms with Crippen molar-refractivity contribution in [1.82, 2.24) is 0 Å². The van der Waals surface area contributed by atoms with E-state index >= 15 is 0 Å². The lowest BCUT2D eigenvalue weighted by atomic mass is 10.1. The molecule has 0 aromatic heterocycles. The van der Waals surface area contributed by atoms with Gasteiger partial charge in [0.15, 0.2) is 0 Å². The fourth-order valence-corrected chi connectivity index (χ4v) is 8.09. The summed E-state index contributed by atoms with van der Waals surface area (Å²) < 4.78 is 0. The molecule has 3 aromatic rings. The summed E-state index contributed by atoms with van der Waals surface area (Å²) in [6, 6.07) is 23.3. The molecule has 118 valence electrons. The van der Waals surface area contributed by atoms with E-state index in [-0.39, 0.29) is 0 Å². The molecule has 0 saturated carbocycles. The second kappa shape index (κ2) is 5.93. The molecule has 3 heteroatoms. The highest BCUT2D eigenvalue weighted by Crippen LogP contribution is 2.23. The SMILES string of the molecule is C[Si]1(c2ccccc2)c2ccc(Cl)cc2C=Cc2cc(Cl)ccc21. The number of hydrogen-bond acceptors (Lipinski definition) is 0. The first kappa shape index (κ1) is 15.7. The number of hydrogen-bond donors (Lipinski definition) is 0. The molecule has 3 aromatic carbocycles. The van der Waals surface area contributed by atoms with Gasteiger partial charge in [-0.2, -0.15) is 0 Å². The lowest BCUT2D eigenvalue weighted by molar-refractivity contribution is 1.65. The largest absolute Gasteiger partial charge is 0.146 e. The summed E-state index contributed by atoms with van der Waals surface area (Å²) in [6.07, 6.45) is 4.33. The first-order valence-electron chi connectivity index (χ1n) is 7.93. The van der Waals surface area contributed by atoms with Crippen LogP contribution in [-0.2, 0) is 0 Å². The van der Waals surface area contributed by atoms with E-state index in [2.05, 4.69) is 73.3 Å². The molecule has 0 saturated heterocycles. The molecule has 0 fully saturated rings. The van der Waals surface area contributed by atoms with Gasteiger partial charge < -0.3 is 0 Å². The van der Waals surface area contributed by atoms with Crippen LogP contribution in [0.1, 0.15) is 11.1 Å². The Bertz CT molecular complexity index is 890. The summed E-state index contributed by atoms with van der Waals surface area (Å²) in [6.45, 7) is 2.41. The first-order valence-corrected chi connectivity index (χ1v) is 11.2. The van der Waals surface area contributed by atoms with Crippen molar-refractivity contribution < 1.29 is 0 Å². The van der Waals surface area contributed by atoms with Crippen LogP contribution in [0.5, 0.6) is 0 Å². The molecule has 4 rings (SSSR count). The highest BCUT2D eigenvalue weighted by molar-refractivity contribution is 7.11. The summed E-state index contributed by atoms with van der Waals surface area (Å²) in [7, 11) is -2.13. The topological polar surface area (TPSA) is 0 Å². The highest BCUT2D eigenvalue weighted by atomic mass is 35.5.